The Balaban J connectivity index is 1.73. The Hall–Kier alpha value is -0.120. The smallest absolute Gasteiger partial charge is 0.0521 e. The molecule has 2 aliphatic rings. The molecule has 0 aromatic carbocycles. The van der Waals surface area contributed by atoms with Gasteiger partial charge in [0.1, 0.15) is 0 Å². The maximum atomic E-state index is 6.17. The zero-order chi connectivity index (χ0) is 12.3. The van der Waals surface area contributed by atoms with Crippen LogP contribution in [0.3, 0.4) is 0 Å². The van der Waals surface area contributed by atoms with Gasteiger partial charge in [0, 0.05) is 25.1 Å². The molecule has 2 rings (SSSR count). The van der Waals surface area contributed by atoms with Crippen molar-refractivity contribution in [2.24, 2.45) is 23.5 Å². The highest BCUT2D eigenvalue weighted by atomic mass is 16.5. The van der Waals surface area contributed by atoms with E-state index in [0.29, 0.717) is 12.0 Å². The first-order valence-electron chi connectivity index (χ1n) is 7.22. The molecule has 2 fully saturated rings. The first-order valence-corrected chi connectivity index (χ1v) is 7.22. The van der Waals surface area contributed by atoms with Gasteiger partial charge in [-0.25, -0.2) is 0 Å². The number of rotatable bonds is 3. The molecule has 2 aliphatic heterocycles. The highest BCUT2D eigenvalue weighted by Crippen LogP contribution is 2.25. The van der Waals surface area contributed by atoms with Crippen LogP contribution in [0.15, 0.2) is 0 Å². The monoisotopic (exact) mass is 240 g/mol. The number of likely N-dealkylation sites (tertiary alicyclic amines) is 1. The molecular weight excluding hydrogens is 212 g/mol. The van der Waals surface area contributed by atoms with E-state index in [1.165, 1.54) is 25.9 Å². The molecule has 0 aromatic rings. The first kappa shape index (κ1) is 13.3. The van der Waals surface area contributed by atoms with E-state index < -0.39 is 0 Å². The van der Waals surface area contributed by atoms with Crippen LogP contribution < -0.4 is 5.73 Å². The molecule has 2 heterocycles. The maximum absolute atomic E-state index is 6.17. The van der Waals surface area contributed by atoms with Gasteiger partial charge in [-0.05, 0) is 44.2 Å². The Morgan fingerprint density at radius 2 is 1.94 bits per heavy atom. The lowest BCUT2D eigenvalue weighted by Gasteiger charge is -2.38. The van der Waals surface area contributed by atoms with Crippen molar-refractivity contribution in [3.05, 3.63) is 0 Å². The lowest BCUT2D eigenvalue weighted by molar-refractivity contribution is 0.0193. The van der Waals surface area contributed by atoms with Gasteiger partial charge in [0.2, 0.25) is 0 Å². The molecule has 0 aromatic heterocycles. The summed E-state index contributed by atoms with van der Waals surface area (Å²) >= 11 is 0. The third-order valence-corrected chi connectivity index (χ3v) is 4.60. The van der Waals surface area contributed by atoms with E-state index in [-0.39, 0.29) is 0 Å². The van der Waals surface area contributed by atoms with E-state index in [9.17, 15) is 0 Å². The minimum Gasteiger partial charge on any atom is -0.381 e. The fourth-order valence-electron chi connectivity index (χ4n) is 3.14. The summed E-state index contributed by atoms with van der Waals surface area (Å²) in [6.45, 7) is 10.1. The van der Waals surface area contributed by atoms with E-state index in [4.69, 9.17) is 10.5 Å². The second kappa shape index (κ2) is 6.17. The van der Waals surface area contributed by atoms with Gasteiger partial charge in [0.15, 0.2) is 0 Å². The third kappa shape index (κ3) is 3.67. The number of nitrogens with two attached hydrogens (primary N) is 1. The standard InChI is InChI=1S/C14H28N2O/c1-11(2)12-3-6-16(7-4-12)9-13-10-17-8-5-14(13)15/h11-14H,3-10,15H2,1-2H3. The van der Waals surface area contributed by atoms with Crippen LogP contribution >= 0.6 is 0 Å². The van der Waals surface area contributed by atoms with Crippen LogP contribution in [-0.4, -0.2) is 43.8 Å². The summed E-state index contributed by atoms with van der Waals surface area (Å²) in [5.41, 5.74) is 6.17. The molecule has 0 radical (unpaired) electrons. The van der Waals surface area contributed by atoms with Crippen molar-refractivity contribution < 1.29 is 4.74 Å². The molecule has 2 saturated heterocycles. The summed E-state index contributed by atoms with van der Waals surface area (Å²) in [6.07, 6.45) is 3.76. The van der Waals surface area contributed by atoms with Gasteiger partial charge in [-0.15, -0.1) is 0 Å². The first-order chi connectivity index (χ1) is 8.16. The van der Waals surface area contributed by atoms with Crippen molar-refractivity contribution in [2.75, 3.05) is 32.8 Å². The molecule has 0 saturated carbocycles. The van der Waals surface area contributed by atoms with Crippen LogP contribution in [0.25, 0.3) is 0 Å². The molecule has 0 spiro atoms. The molecule has 2 unspecified atom stereocenters. The van der Waals surface area contributed by atoms with Gasteiger partial charge >= 0.3 is 0 Å². The molecule has 0 aliphatic carbocycles. The van der Waals surface area contributed by atoms with Gasteiger partial charge in [-0.3, -0.25) is 0 Å². The van der Waals surface area contributed by atoms with Gasteiger partial charge in [0.25, 0.3) is 0 Å². The summed E-state index contributed by atoms with van der Waals surface area (Å²) in [7, 11) is 0. The quantitative estimate of drug-likeness (QED) is 0.816. The van der Waals surface area contributed by atoms with Crippen LogP contribution in [0, 0.1) is 17.8 Å². The predicted octanol–water partition coefficient (Wildman–Crippen LogP) is 1.72. The normalized spacial score (nSPS) is 33.2. The van der Waals surface area contributed by atoms with Crippen LogP contribution in [0.5, 0.6) is 0 Å². The van der Waals surface area contributed by atoms with Crippen molar-refractivity contribution in [1.29, 1.82) is 0 Å². The second-order valence-electron chi connectivity index (χ2n) is 6.17. The number of nitrogens with zero attached hydrogens (tertiary/aromatic N) is 1. The fraction of sp³-hybridized carbons (Fsp3) is 1.00. The van der Waals surface area contributed by atoms with Crippen LogP contribution in [-0.2, 0) is 4.74 Å². The summed E-state index contributed by atoms with van der Waals surface area (Å²) < 4.78 is 5.55. The van der Waals surface area contributed by atoms with E-state index in [0.717, 1.165) is 38.0 Å². The number of hydrogen-bond donors (Lipinski definition) is 1. The van der Waals surface area contributed by atoms with Gasteiger partial charge in [-0.2, -0.15) is 0 Å². The van der Waals surface area contributed by atoms with E-state index in [2.05, 4.69) is 18.7 Å². The van der Waals surface area contributed by atoms with E-state index >= 15 is 0 Å². The molecule has 3 heteroatoms. The second-order valence-corrected chi connectivity index (χ2v) is 6.17. The molecular formula is C14H28N2O. The summed E-state index contributed by atoms with van der Waals surface area (Å²) in [5, 5.41) is 0. The molecule has 100 valence electrons. The van der Waals surface area contributed by atoms with Crippen LogP contribution in [0.1, 0.15) is 33.1 Å². The molecule has 2 atom stereocenters. The summed E-state index contributed by atoms with van der Waals surface area (Å²) in [6, 6.07) is 0.353. The molecule has 2 N–H and O–H groups in total. The van der Waals surface area contributed by atoms with Gasteiger partial charge in [-0.1, -0.05) is 13.8 Å². The fourth-order valence-corrected chi connectivity index (χ4v) is 3.14. The number of piperidine rings is 1. The lowest BCUT2D eigenvalue weighted by atomic mass is 9.86. The number of hydrogen-bond acceptors (Lipinski definition) is 3. The van der Waals surface area contributed by atoms with Crippen molar-refractivity contribution in [3.63, 3.8) is 0 Å². The van der Waals surface area contributed by atoms with Crippen molar-refractivity contribution in [2.45, 2.75) is 39.2 Å². The van der Waals surface area contributed by atoms with Crippen LogP contribution in [0.2, 0.25) is 0 Å². The van der Waals surface area contributed by atoms with Gasteiger partial charge < -0.3 is 15.4 Å². The number of ether oxygens (including phenoxy) is 1. The van der Waals surface area contributed by atoms with Crippen molar-refractivity contribution in [3.8, 4) is 0 Å². The summed E-state index contributed by atoms with van der Waals surface area (Å²) in [4.78, 5) is 2.60. The Labute approximate surface area is 106 Å². The predicted molar refractivity (Wildman–Crippen MR) is 70.9 cm³/mol. The Kier molecular flexibility index (Phi) is 4.83. The highest BCUT2D eigenvalue weighted by molar-refractivity contribution is 4.82. The largest absolute Gasteiger partial charge is 0.381 e. The summed E-state index contributed by atoms with van der Waals surface area (Å²) in [5.74, 6) is 2.33. The molecule has 3 nitrogen and oxygen atoms in total. The molecule has 0 amide bonds. The SMILES string of the molecule is CC(C)C1CCN(CC2COCCC2N)CC1. The topological polar surface area (TPSA) is 38.5 Å². The van der Waals surface area contributed by atoms with Gasteiger partial charge in [0.05, 0.1) is 6.61 Å². The lowest BCUT2D eigenvalue weighted by Crippen LogP contribution is -2.47. The Bertz CT molecular complexity index is 224. The Morgan fingerprint density at radius 1 is 1.24 bits per heavy atom. The van der Waals surface area contributed by atoms with Crippen LogP contribution in [0.4, 0.5) is 0 Å². The van der Waals surface area contributed by atoms with E-state index in [1.807, 2.05) is 0 Å². The average molecular weight is 240 g/mol. The maximum Gasteiger partial charge on any atom is 0.0521 e. The highest BCUT2D eigenvalue weighted by Gasteiger charge is 2.27. The minimum absolute atomic E-state index is 0.353. The minimum atomic E-state index is 0.353. The molecule has 0 bridgehead atoms. The van der Waals surface area contributed by atoms with Crippen molar-refractivity contribution in [1.82, 2.24) is 4.90 Å². The molecule has 17 heavy (non-hydrogen) atoms. The zero-order valence-corrected chi connectivity index (χ0v) is 11.4. The van der Waals surface area contributed by atoms with Crippen molar-refractivity contribution >= 4 is 0 Å². The third-order valence-electron chi connectivity index (χ3n) is 4.60. The average Bonchev–Trinajstić information content (AvgIpc) is 2.33. The zero-order valence-electron chi connectivity index (χ0n) is 11.4. The Morgan fingerprint density at radius 3 is 2.53 bits per heavy atom. The van der Waals surface area contributed by atoms with E-state index in [1.54, 1.807) is 0 Å².